The number of benzene rings is 2. The lowest BCUT2D eigenvalue weighted by Gasteiger charge is -2.31. The number of carbonyl (C=O) groups excluding carboxylic acids is 3. The minimum absolute atomic E-state index is 0.0681. The molecule has 0 spiro atoms. The summed E-state index contributed by atoms with van der Waals surface area (Å²) in [7, 11) is 0. The van der Waals surface area contributed by atoms with Crippen molar-refractivity contribution in [3.05, 3.63) is 59.7 Å². The van der Waals surface area contributed by atoms with Crippen LogP contribution in [0, 0.1) is 17.6 Å². The Kier molecular flexibility index (Phi) is 7.86. The van der Waals surface area contributed by atoms with Crippen molar-refractivity contribution in [1.82, 2.24) is 4.90 Å². The number of ether oxygens (including phenoxy) is 2. The average Bonchev–Trinajstić information content (AvgIpc) is 2.78. The van der Waals surface area contributed by atoms with Crippen LogP contribution >= 0.6 is 0 Å². The number of halogens is 4. The number of hydrogen-bond donors (Lipinski definition) is 1. The summed E-state index contributed by atoms with van der Waals surface area (Å²) in [4.78, 5) is 38.0. The van der Waals surface area contributed by atoms with Gasteiger partial charge in [-0.2, -0.15) is 8.78 Å². The summed E-state index contributed by atoms with van der Waals surface area (Å²) < 4.78 is 60.4. The molecule has 2 aromatic carbocycles. The van der Waals surface area contributed by atoms with Crippen molar-refractivity contribution in [2.24, 2.45) is 5.92 Å². The predicted octanol–water partition coefficient (Wildman–Crippen LogP) is 3.60. The molecule has 33 heavy (non-hydrogen) atoms. The van der Waals surface area contributed by atoms with Gasteiger partial charge in [0.2, 0.25) is 0 Å². The molecular weight excluding hydrogens is 448 g/mol. The van der Waals surface area contributed by atoms with Gasteiger partial charge in [-0.1, -0.05) is 0 Å². The number of esters is 1. The Morgan fingerprint density at radius 1 is 1.03 bits per heavy atom. The number of nitrogens with one attached hydrogen (secondary N) is 1. The van der Waals surface area contributed by atoms with Gasteiger partial charge in [0.1, 0.15) is 17.4 Å². The molecule has 1 fully saturated rings. The van der Waals surface area contributed by atoms with Crippen LogP contribution < -0.4 is 10.1 Å². The molecule has 2 aromatic rings. The Morgan fingerprint density at radius 3 is 2.30 bits per heavy atom. The largest absolute Gasteiger partial charge is 0.455 e. The molecule has 0 unspecified atom stereocenters. The molecule has 0 bridgehead atoms. The van der Waals surface area contributed by atoms with Gasteiger partial charge in [-0.3, -0.25) is 14.4 Å². The van der Waals surface area contributed by atoms with E-state index in [1.165, 1.54) is 29.2 Å². The highest BCUT2D eigenvalue weighted by atomic mass is 19.3. The molecule has 0 aromatic heterocycles. The second kappa shape index (κ2) is 10.8. The van der Waals surface area contributed by atoms with Crippen LogP contribution in [0.1, 0.15) is 23.2 Å². The predicted molar refractivity (Wildman–Crippen MR) is 108 cm³/mol. The lowest BCUT2D eigenvalue weighted by atomic mass is 9.96. The molecule has 1 N–H and O–H groups in total. The van der Waals surface area contributed by atoms with Gasteiger partial charge < -0.3 is 19.7 Å². The van der Waals surface area contributed by atoms with Crippen LogP contribution in [-0.4, -0.2) is 49.0 Å². The monoisotopic (exact) mass is 468 g/mol. The molecule has 11 heteroatoms. The Bertz CT molecular complexity index is 1010. The molecule has 1 aliphatic rings. The number of rotatable bonds is 7. The van der Waals surface area contributed by atoms with Crippen LogP contribution in [0.4, 0.5) is 23.2 Å². The first-order valence-electron chi connectivity index (χ1n) is 9.98. The van der Waals surface area contributed by atoms with E-state index in [1.807, 2.05) is 0 Å². The van der Waals surface area contributed by atoms with E-state index in [9.17, 15) is 31.9 Å². The van der Waals surface area contributed by atoms with Crippen molar-refractivity contribution in [1.29, 1.82) is 0 Å². The Morgan fingerprint density at radius 2 is 1.70 bits per heavy atom. The maximum absolute atomic E-state index is 13.8. The van der Waals surface area contributed by atoms with Crippen LogP contribution in [0.3, 0.4) is 0 Å². The van der Waals surface area contributed by atoms with E-state index in [0.717, 1.165) is 12.1 Å². The van der Waals surface area contributed by atoms with Crippen molar-refractivity contribution in [3.8, 4) is 5.75 Å². The molecular formula is C22H20F4N2O5. The molecule has 0 aliphatic carbocycles. The third-order valence-corrected chi connectivity index (χ3v) is 4.99. The Balaban J connectivity index is 1.42. The van der Waals surface area contributed by atoms with E-state index >= 15 is 0 Å². The van der Waals surface area contributed by atoms with E-state index in [-0.39, 0.29) is 37.2 Å². The third kappa shape index (κ3) is 6.67. The fourth-order valence-electron chi connectivity index (χ4n) is 3.32. The fraction of sp³-hybridized carbons (Fsp3) is 0.318. The Hall–Kier alpha value is -3.63. The van der Waals surface area contributed by atoms with Gasteiger partial charge in [0.15, 0.2) is 6.61 Å². The zero-order valence-corrected chi connectivity index (χ0v) is 17.2. The lowest BCUT2D eigenvalue weighted by Crippen LogP contribution is -2.41. The van der Waals surface area contributed by atoms with Gasteiger partial charge >= 0.3 is 12.6 Å². The summed E-state index contributed by atoms with van der Waals surface area (Å²) in [6.07, 6.45) is 0.529. The van der Waals surface area contributed by atoms with E-state index < -0.39 is 48.6 Å². The molecule has 176 valence electrons. The van der Waals surface area contributed by atoms with Gasteiger partial charge in [-0.25, -0.2) is 8.78 Å². The van der Waals surface area contributed by atoms with Gasteiger partial charge in [0.25, 0.3) is 11.8 Å². The number of alkyl halides is 2. The molecule has 1 saturated heterocycles. The van der Waals surface area contributed by atoms with Gasteiger partial charge in [-0.05, 0) is 49.2 Å². The molecule has 0 atom stereocenters. The topological polar surface area (TPSA) is 84.9 Å². The first-order valence-corrected chi connectivity index (χ1v) is 9.98. The van der Waals surface area contributed by atoms with Gasteiger partial charge in [0.05, 0.1) is 11.5 Å². The van der Waals surface area contributed by atoms with Crippen LogP contribution in [0.15, 0.2) is 42.5 Å². The summed E-state index contributed by atoms with van der Waals surface area (Å²) in [5.41, 5.74) is 0.0559. The van der Waals surface area contributed by atoms with Crippen LogP contribution in [-0.2, 0) is 14.3 Å². The zero-order chi connectivity index (χ0) is 24.0. The number of piperidine rings is 1. The number of amides is 2. The van der Waals surface area contributed by atoms with Crippen LogP contribution in [0.2, 0.25) is 0 Å². The summed E-state index contributed by atoms with van der Waals surface area (Å²) in [6, 6.07) is 7.92. The summed E-state index contributed by atoms with van der Waals surface area (Å²) in [6.45, 7) is -3.16. The smallest absolute Gasteiger partial charge is 0.387 e. The summed E-state index contributed by atoms with van der Waals surface area (Å²) in [5, 5.41) is 2.46. The summed E-state index contributed by atoms with van der Waals surface area (Å²) in [5.74, 6) is -4.16. The van der Waals surface area contributed by atoms with Crippen LogP contribution in [0.25, 0.3) is 0 Å². The van der Waals surface area contributed by atoms with E-state index in [0.29, 0.717) is 11.8 Å². The molecule has 1 heterocycles. The van der Waals surface area contributed by atoms with E-state index in [1.54, 1.807) is 0 Å². The Labute approximate surface area is 186 Å². The second-order valence-electron chi connectivity index (χ2n) is 7.25. The molecule has 0 radical (unpaired) electrons. The number of hydrogen-bond acceptors (Lipinski definition) is 5. The molecule has 1 aliphatic heterocycles. The van der Waals surface area contributed by atoms with Crippen molar-refractivity contribution in [2.45, 2.75) is 19.5 Å². The number of anilines is 1. The standard InChI is InChI=1S/C22H20F4N2O5/c23-14-1-6-17(18(24)11-14)20(30)28-9-7-13(8-10-28)21(31)32-12-19(29)27-15-2-4-16(5-3-15)33-22(25)26/h1-6,11,13,22H,7-10,12H2,(H,27,29). The van der Waals surface area contributed by atoms with Crippen molar-refractivity contribution in [3.63, 3.8) is 0 Å². The molecule has 2 amide bonds. The zero-order valence-electron chi connectivity index (χ0n) is 17.2. The molecule has 7 nitrogen and oxygen atoms in total. The lowest BCUT2D eigenvalue weighted by molar-refractivity contribution is -0.152. The van der Waals surface area contributed by atoms with Crippen molar-refractivity contribution < 1.29 is 41.4 Å². The maximum atomic E-state index is 13.8. The SMILES string of the molecule is O=C(COC(=O)C1CCN(C(=O)c2ccc(F)cc2F)CC1)Nc1ccc(OC(F)F)cc1. The molecule has 0 saturated carbocycles. The minimum Gasteiger partial charge on any atom is -0.455 e. The van der Waals surface area contributed by atoms with Crippen molar-refractivity contribution >= 4 is 23.5 Å². The van der Waals surface area contributed by atoms with E-state index in [2.05, 4.69) is 10.1 Å². The van der Waals surface area contributed by atoms with Crippen molar-refractivity contribution in [2.75, 3.05) is 25.0 Å². The number of carbonyl (C=O) groups is 3. The van der Waals surface area contributed by atoms with Gasteiger partial charge in [0, 0.05) is 24.8 Å². The quantitative estimate of drug-likeness (QED) is 0.496. The number of nitrogens with zero attached hydrogens (tertiary/aromatic N) is 1. The molecule has 3 rings (SSSR count). The fourth-order valence-corrected chi connectivity index (χ4v) is 3.32. The summed E-state index contributed by atoms with van der Waals surface area (Å²) >= 11 is 0. The van der Waals surface area contributed by atoms with Crippen LogP contribution in [0.5, 0.6) is 5.75 Å². The van der Waals surface area contributed by atoms with E-state index in [4.69, 9.17) is 4.74 Å². The van der Waals surface area contributed by atoms with Gasteiger partial charge in [-0.15, -0.1) is 0 Å². The average molecular weight is 468 g/mol. The minimum atomic E-state index is -2.96. The normalized spacial score (nSPS) is 14.2. The first-order chi connectivity index (χ1) is 15.7. The number of likely N-dealkylation sites (tertiary alicyclic amines) is 1. The first kappa shape index (κ1) is 24.0. The highest BCUT2D eigenvalue weighted by Gasteiger charge is 2.30. The third-order valence-electron chi connectivity index (χ3n) is 4.99. The highest BCUT2D eigenvalue weighted by Crippen LogP contribution is 2.22. The highest BCUT2D eigenvalue weighted by molar-refractivity contribution is 5.95. The maximum Gasteiger partial charge on any atom is 0.387 e. The second-order valence-corrected chi connectivity index (χ2v) is 7.25.